The zero-order valence-corrected chi connectivity index (χ0v) is 12.8. The number of hydrogen-bond donors (Lipinski definition) is 0. The topological polar surface area (TPSA) is 20.3 Å². The Morgan fingerprint density at radius 3 is 2.84 bits per heavy atom. The number of thiophene rings is 1. The van der Waals surface area contributed by atoms with Crippen LogP contribution in [0.1, 0.15) is 15.2 Å². The summed E-state index contributed by atoms with van der Waals surface area (Å²) in [5.74, 6) is -0.597. The fourth-order valence-electron chi connectivity index (χ4n) is 1.71. The first kappa shape index (κ1) is 14.2. The number of benzene rings is 1. The van der Waals surface area contributed by atoms with Crippen molar-refractivity contribution in [2.75, 3.05) is 13.6 Å². The summed E-state index contributed by atoms with van der Waals surface area (Å²) in [6.45, 7) is 0.613. The first-order valence-corrected chi connectivity index (χ1v) is 7.48. The maximum Gasteiger partial charge on any atom is 0.254 e. The molecule has 100 valence electrons. The first-order chi connectivity index (χ1) is 9.09. The Balaban J connectivity index is 2.04. The first-order valence-electron chi connectivity index (χ1n) is 5.81. The van der Waals surface area contributed by atoms with Gasteiger partial charge in [0, 0.05) is 18.5 Å². The van der Waals surface area contributed by atoms with E-state index in [1.54, 1.807) is 35.4 Å². The maximum atomic E-state index is 13.4. The summed E-state index contributed by atoms with van der Waals surface area (Å²) in [7, 11) is 1.73. The highest BCUT2D eigenvalue weighted by Crippen LogP contribution is 2.21. The largest absolute Gasteiger partial charge is 0.341 e. The summed E-state index contributed by atoms with van der Waals surface area (Å²) >= 11 is 4.79. The lowest BCUT2D eigenvalue weighted by Gasteiger charge is -2.17. The molecule has 0 saturated heterocycles. The van der Waals surface area contributed by atoms with Gasteiger partial charge in [-0.05, 0) is 45.9 Å². The monoisotopic (exact) mass is 341 g/mol. The molecule has 0 saturated carbocycles. The maximum absolute atomic E-state index is 13.4. The van der Waals surface area contributed by atoms with Crippen LogP contribution < -0.4 is 0 Å². The van der Waals surface area contributed by atoms with Crippen LogP contribution in [-0.4, -0.2) is 24.4 Å². The van der Waals surface area contributed by atoms with Crippen molar-refractivity contribution in [2.24, 2.45) is 0 Å². The van der Waals surface area contributed by atoms with E-state index >= 15 is 0 Å². The summed E-state index contributed by atoms with van der Waals surface area (Å²) in [4.78, 5) is 15.1. The molecule has 19 heavy (non-hydrogen) atoms. The summed E-state index contributed by atoms with van der Waals surface area (Å²) < 4.78 is 13.6. The molecule has 0 spiro atoms. The Hall–Kier alpha value is -1.20. The molecule has 1 amide bonds. The second-order valence-electron chi connectivity index (χ2n) is 4.16. The number of carbonyl (C=O) groups excluding carboxylic acids is 1. The molecule has 0 aliphatic heterocycles. The predicted octanol–water partition coefficient (Wildman–Crippen LogP) is 3.96. The van der Waals surface area contributed by atoms with Gasteiger partial charge in [-0.25, -0.2) is 4.39 Å². The van der Waals surface area contributed by atoms with Crippen molar-refractivity contribution in [3.63, 3.8) is 0 Å². The molecule has 2 nitrogen and oxygen atoms in total. The average molecular weight is 342 g/mol. The zero-order valence-electron chi connectivity index (χ0n) is 10.4. The summed E-state index contributed by atoms with van der Waals surface area (Å²) in [5.41, 5.74) is 0.355. The number of hydrogen-bond acceptors (Lipinski definition) is 2. The van der Waals surface area contributed by atoms with Gasteiger partial charge in [-0.1, -0.05) is 12.1 Å². The number of amides is 1. The lowest BCUT2D eigenvalue weighted by molar-refractivity contribution is 0.0795. The highest BCUT2D eigenvalue weighted by molar-refractivity contribution is 9.10. The number of halogens is 2. The van der Waals surface area contributed by atoms with Gasteiger partial charge in [-0.3, -0.25) is 4.79 Å². The van der Waals surface area contributed by atoms with E-state index in [1.807, 2.05) is 17.5 Å². The van der Waals surface area contributed by atoms with Gasteiger partial charge in [0.2, 0.25) is 0 Å². The summed E-state index contributed by atoms with van der Waals surface area (Å²) in [6, 6.07) is 8.52. The Kier molecular flexibility index (Phi) is 4.71. The molecule has 2 rings (SSSR count). The Morgan fingerprint density at radius 1 is 1.37 bits per heavy atom. The van der Waals surface area contributed by atoms with Crippen molar-refractivity contribution < 1.29 is 9.18 Å². The molecule has 0 N–H and O–H groups in total. The minimum Gasteiger partial charge on any atom is -0.341 e. The van der Waals surface area contributed by atoms with Gasteiger partial charge in [0.15, 0.2) is 0 Å². The van der Waals surface area contributed by atoms with Crippen LogP contribution in [-0.2, 0) is 6.42 Å². The molecule has 0 atom stereocenters. The standard InChI is InChI=1S/C14H13BrFNOS/c1-17(8-7-10-4-3-9-19-10)14(18)11-5-2-6-12(16)13(11)15/h2-6,9H,7-8H2,1H3. The number of carbonyl (C=O) groups is 1. The number of likely N-dealkylation sites (N-methyl/N-ethyl adjacent to an activating group) is 1. The SMILES string of the molecule is CN(CCc1cccs1)C(=O)c1cccc(F)c1Br. The van der Waals surface area contributed by atoms with Crippen LogP contribution >= 0.6 is 27.3 Å². The molecule has 0 aliphatic rings. The van der Waals surface area contributed by atoms with Crippen molar-refractivity contribution in [1.29, 1.82) is 0 Å². The molecule has 0 unspecified atom stereocenters. The smallest absolute Gasteiger partial charge is 0.254 e. The van der Waals surface area contributed by atoms with E-state index in [0.29, 0.717) is 12.1 Å². The third-order valence-corrected chi connectivity index (χ3v) is 4.54. The van der Waals surface area contributed by atoms with Crippen molar-refractivity contribution >= 4 is 33.2 Å². The van der Waals surface area contributed by atoms with Gasteiger partial charge in [0.25, 0.3) is 5.91 Å². The normalized spacial score (nSPS) is 10.5. The molecular formula is C14H13BrFNOS. The van der Waals surface area contributed by atoms with Gasteiger partial charge >= 0.3 is 0 Å². The minimum atomic E-state index is -0.419. The molecule has 0 fully saturated rings. The highest BCUT2D eigenvalue weighted by Gasteiger charge is 2.16. The fraction of sp³-hybridized carbons (Fsp3) is 0.214. The molecule has 1 heterocycles. The van der Waals surface area contributed by atoms with E-state index < -0.39 is 5.82 Å². The quantitative estimate of drug-likeness (QED) is 0.824. The van der Waals surface area contributed by atoms with Gasteiger partial charge < -0.3 is 4.90 Å². The van der Waals surface area contributed by atoms with Crippen molar-refractivity contribution in [1.82, 2.24) is 4.90 Å². The van der Waals surface area contributed by atoms with Gasteiger partial charge in [0.05, 0.1) is 10.0 Å². The van der Waals surface area contributed by atoms with Crippen molar-refractivity contribution in [3.8, 4) is 0 Å². The van der Waals surface area contributed by atoms with Gasteiger partial charge in [-0.15, -0.1) is 11.3 Å². The van der Waals surface area contributed by atoms with E-state index in [2.05, 4.69) is 15.9 Å². The van der Waals surface area contributed by atoms with Crippen LogP contribution in [0, 0.1) is 5.82 Å². The van der Waals surface area contributed by atoms with Gasteiger partial charge in [-0.2, -0.15) is 0 Å². The van der Waals surface area contributed by atoms with Crippen molar-refractivity contribution in [2.45, 2.75) is 6.42 Å². The van der Waals surface area contributed by atoms with Crippen LogP contribution in [0.3, 0.4) is 0 Å². The summed E-state index contributed by atoms with van der Waals surface area (Å²) in [6.07, 6.45) is 0.812. The van der Waals surface area contributed by atoms with E-state index in [1.165, 1.54) is 10.9 Å². The number of rotatable bonds is 4. The van der Waals surface area contributed by atoms with Crippen molar-refractivity contribution in [3.05, 3.63) is 56.4 Å². The summed E-state index contributed by atoms with van der Waals surface area (Å²) in [5, 5.41) is 2.01. The number of nitrogens with zero attached hydrogens (tertiary/aromatic N) is 1. The molecule has 1 aromatic carbocycles. The molecule has 2 aromatic rings. The second-order valence-corrected chi connectivity index (χ2v) is 5.98. The lowest BCUT2D eigenvalue weighted by Crippen LogP contribution is -2.29. The molecule has 0 bridgehead atoms. The minimum absolute atomic E-state index is 0.178. The zero-order chi connectivity index (χ0) is 13.8. The Morgan fingerprint density at radius 2 is 2.16 bits per heavy atom. The van der Waals surface area contributed by atoms with E-state index in [-0.39, 0.29) is 10.4 Å². The van der Waals surface area contributed by atoms with Gasteiger partial charge in [0.1, 0.15) is 5.82 Å². The molecule has 1 aromatic heterocycles. The molecule has 0 aliphatic carbocycles. The second kappa shape index (κ2) is 6.30. The van der Waals surface area contributed by atoms with E-state index in [4.69, 9.17) is 0 Å². The van der Waals surface area contributed by atoms with Crippen LogP contribution in [0.4, 0.5) is 4.39 Å². The average Bonchev–Trinajstić information content (AvgIpc) is 2.91. The van der Waals surface area contributed by atoms with Crippen LogP contribution in [0.5, 0.6) is 0 Å². The molecular weight excluding hydrogens is 329 g/mol. The van der Waals surface area contributed by atoms with Crippen LogP contribution in [0.2, 0.25) is 0 Å². The van der Waals surface area contributed by atoms with Crippen LogP contribution in [0.15, 0.2) is 40.2 Å². The Bertz CT molecular complexity index is 571. The Labute approximate surface area is 124 Å². The molecule has 5 heteroatoms. The highest BCUT2D eigenvalue weighted by atomic mass is 79.9. The van der Waals surface area contributed by atoms with E-state index in [9.17, 15) is 9.18 Å². The third kappa shape index (κ3) is 3.42. The molecule has 0 radical (unpaired) electrons. The lowest BCUT2D eigenvalue weighted by atomic mass is 10.2. The third-order valence-electron chi connectivity index (χ3n) is 2.80. The fourth-order valence-corrected chi connectivity index (χ4v) is 2.84. The van der Waals surface area contributed by atoms with Crippen LogP contribution in [0.25, 0.3) is 0 Å². The van der Waals surface area contributed by atoms with E-state index in [0.717, 1.165) is 6.42 Å². The predicted molar refractivity (Wildman–Crippen MR) is 79.1 cm³/mol.